The van der Waals surface area contributed by atoms with Gasteiger partial charge in [0.2, 0.25) is 0 Å². The molecule has 0 aliphatic carbocycles. The Labute approximate surface area is 169 Å². The molecule has 0 aliphatic rings. The molecule has 2 aromatic heterocycles. The molecule has 0 N–H and O–H groups in total. The molecule has 0 amide bonds. The van der Waals surface area contributed by atoms with E-state index in [0.29, 0.717) is 17.9 Å². The van der Waals surface area contributed by atoms with Crippen molar-refractivity contribution >= 4 is 17.3 Å². The highest BCUT2D eigenvalue weighted by atomic mass is 32.1. The number of carbonyl (C=O) groups is 1. The summed E-state index contributed by atoms with van der Waals surface area (Å²) in [7, 11) is 3.13. The summed E-state index contributed by atoms with van der Waals surface area (Å²) in [5.74, 6) is -0.0550. The molecule has 6 nitrogen and oxygen atoms in total. The van der Waals surface area contributed by atoms with Crippen molar-refractivity contribution in [1.82, 2.24) is 19.4 Å². The number of carbonyl (C=O) groups excluding carboxylic acids is 1. The third-order valence-corrected chi connectivity index (χ3v) is 5.04. The second-order valence-corrected chi connectivity index (χ2v) is 7.33. The maximum absolute atomic E-state index is 12.6. The first-order valence-corrected chi connectivity index (χ1v) is 9.51. The zero-order chi connectivity index (χ0) is 21.0. The van der Waals surface area contributed by atoms with Crippen molar-refractivity contribution in [2.75, 3.05) is 14.2 Å². The SMILES string of the molecule is COC(=O)c1ccc(-c2nc(CN(C)Cc3nccn3CC(F)(F)F)cs2)cc1. The molecule has 0 aliphatic heterocycles. The third-order valence-electron chi connectivity index (χ3n) is 4.10. The van der Waals surface area contributed by atoms with E-state index in [-0.39, 0.29) is 6.54 Å². The molecular formula is C19H19F3N4O2S. The van der Waals surface area contributed by atoms with E-state index in [9.17, 15) is 18.0 Å². The number of alkyl halides is 3. The Balaban J connectivity index is 1.63. The Kier molecular flexibility index (Phi) is 6.33. The molecular weight excluding hydrogens is 405 g/mol. The standard InChI is InChI=1S/C19H19F3N4O2S/c1-25(10-16-23-7-8-26(16)12-19(20,21)22)9-15-11-29-17(24-15)13-3-5-14(6-4-13)18(27)28-2/h3-8,11H,9-10,12H2,1-2H3. The minimum atomic E-state index is -4.29. The van der Waals surface area contributed by atoms with E-state index >= 15 is 0 Å². The highest BCUT2D eigenvalue weighted by Gasteiger charge is 2.29. The molecule has 154 valence electrons. The van der Waals surface area contributed by atoms with Crippen LogP contribution in [0.4, 0.5) is 13.2 Å². The van der Waals surface area contributed by atoms with E-state index < -0.39 is 18.7 Å². The van der Waals surface area contributed by atoms with Crippen molar-refractivity contribution in [3.05, 3.63) is 59.1 Å². The summed E-state index contributed by atoms with van der Waals surface area (Å²) in [6.45, 7) is -0.321. The molecule has 0 radical (unpaired) electrons. The average molecular weight is 424 g/mol. The van der Waals surface area contributed by atoms with Gasteiger partial charge < -0.3 is 9.30 Å². The maximum Gasteiger partial charge on any atom is 0.406 e. The molecule has 0 unspecified atom stereocenters. The van der Waals surface area contributed by atoms with Gasteiger partial charge in [-0.05, 0) is 19.2 Å². The molecule has 0 spiro atoms. The van der Waals surface area contributed by atoms with Crippen LogP contribution in [0.25, 0.3) is 10.6 Å². The predicted molar refractivity (Wildman–Crippen MR) is 102 cm³/mol. The largest absolute Gasteiger partial charge is 0.465 e. The molecule has 3 aromatic rings. The van der Waals surface area contributed by atoms with Crippen LogP contribution in [-0.2, 0) is 24.4 Å². The second kappa shape index (κ2) is 8.75. The monoisotopic (exact) mass is 424 g/mol. The second-order valence-electron chi connectivity index (χ2n) is 6.47. The average Bonchev–Trinajstić information content (AvgIpc) is 3.30. The summed E-state index contributed by atoms with van der Waals surface area (Å²) in [6.07, 6.45) is -1.59. The first-order valence-electron chi connectivity index (χ1n) is 8.63. The van der Waals surface area contributed by atoms with E-state index in [0.717, 1.165) is 20.8 Å². The number of imidazole rings is 1. The summed E-state index contributed by atoms with van der Waals surface area (Å²) in [5, 5.41) is 2.70. The third kappa shape index (κ3) is 5.64. The van der Waals surface area contributed by atoms with Gasteiger partial charge in [0.1, 0.15) is 17.4 Å². The molecule has 10 heteroatoms. The van der Waals surface area contributed by atoms with Crippen molar-refractivity contribution < 1.29 is 22.7 Å². The summed E-state index contributed by atoms with van der Waals surface area (Å²) in [4.78, 5) is 22.0. The fraction of sp³-hybridized carbons (Fsp3) is 0.316. The maximum atomic E-state index is 12.6. The van der Waals surface area contributed by atoms with Gasteiger partial charge in [-0.1, -0.05) is 12.1 Å². The summed E-state index contributed by atoms with van der Waals surface area (Å²) >= 11 is 1.46. The van der Waals surface area contributed by atoms with Crippen molar-refractivity contribution in [3.8, 4) is 10.6 Å². The molecule has 0 saturated carbocycles. The number of methoxy groups -OCH3 is 1. The van der Waals surface area contributed by atoms with Gasteiger partial charge >= 0.3 is 12.1 Å². The molecule has 2 heterocycles. The molecule has 29 heavy (non-hydrogen) atoms. The van der Waals surface area contributed by atoms with Crippen LogP contribution in [0.1, 0.15) is 21.9 Å². The summed E-state index contributed by atoms with van der Waals surface area (Å²) in [6, 6.07) is 6.95. The highest BCUT2D eigenvalue weighted by Crippen LogP contribution is 2.25. The lowest BCUT2D eigenvalue weighted by Crippen LogP contribution is -2.24. The molecule has 0 fully saturated rings. The minimum Gasteiger partial charge on any atom is -0.465 e. The first kappa shape index (κ1) is 21.0. The lowest BCUT2D eigenvalue weighted by Gasteiger charge is -2.17. The van der Waals surface area contributed by atoms with Crippen LogP contribution in [0.5, 0.6) is 0 Å². The van der Waals surface area contributed by atoms with Crippen LogP contribution in [0.15, 0.2) is 42.0 Å². The Morgan fingerprint density at radius 2 is 1.97 bits per heavy atom. The predicted octanol–water partition coefficient (Wildman–Crippen LogP) is 3.99. The summed E-state index contributed by atoms with van der Waals surface area (Å²) < 4.78 is 43.7. The van der Waals surface area contributed by atoms with E-state index in [1.54, 1.807) is 31.3 Å². The van der Waals surface area contributed by atoms with E-state index in [1.165, 1.54) is 30.8 Å². The Morgan fingerprint density at radius 3 is 2.62 bits per heavy atom. The van der Waals surface area contributed by atoms with Crippen LogP contribution >= 0.6 is 11.3 Å². The molecule has 3 rings (SSSR count). The summed E-state index contributed by atoms with van der Waals surface area (Å²) in [5.41, 5.74) is 2.14. The van der Waals surface area contributed by atoms with Crippen molar-refractivity contribution in [1.29, 1.82) is 0 Å². The van der Waals surface area contributed by atoms with Crippen LogP contribution in [0.3, 0.4) is 0 Å². The van der Waals surface area contributed by atoms with Crippen LogP contribution in [0.2, 0.25) is 0 Å². The quantitative estimate of drug-likeness (QED) is 0.537. The van der Waals surface area contributed by atoms with E-state index in [4.69, 9.17) is 0 Å². The zero-order valence-corrected chi connectivity index (χ0v) is 16.6. The number of rotatable bonds is 7. The van der Waals surface area contributed by atoms with E-state index in [2.05, 4.69) is 14.7 Å². The smallest absolute Gasteiger partial charge is 0.406 e. The lowest BCUT2D eigenvalue weighted by atomic mass is 10.1. The first-order chi connectivity index (χ1) is 13.7. The molecule has 0 saturated heterocycles. The normalized spacial score (nSPS) is 11.8. The number of hydrogen-bond acceptors (Lipinski definition) is 6. The van der Waals surface area contributed by atoms with Crippen molar-refractivity contribution in [2.24, 2.45) is 0 Å². The van der Waals surface area contributed by atoms with Gasteiger partial charge in [0.15, 0.2) is 0 Å². The number of thiazole rings is 1. The van der Waals surface area contributed by atoms with Crippen LogP contribution in [0, 0.1) is 0 Å². The van der Waals surface area contributed by atoms with Gasteiger partial charge in [-0.25, -0.2) is 14.8 Å². The number of ether oxygens (including phenoxy) is 1. The molecule has 0 atom stereocenters. The topological polar surface area (TPSA) is 60.2 Å². The fourth-order valence-corrected chi connectivity index (χ4v) is 3.60. The molecule has 0 bridgehead atoms. The number of hydrogen-bond donors (Lipinski definition) is 0. The van der Waals surface area contributed by atoms with Crippen LogP contribution in [-0.4, -0.2) is 45.7 Å². The number of halogens is 3. The highest BCUT2D eigenvalue weighted by molar-refractivity contribution is 7.13. The van der Waals surface area contributed by atoms with Gasteiger partial charge in [-0.2, -0.15) is 13.2 Å². The van der Waals surface area contributed by atoms with E-state index in [1.807, 2.05) is 10.3 Å². The Bertz CT molecular complexity index is 966. The van der Waals surface area contributed by atoms with Crippen LogP contribution < -0.4 is 0 Å². The number of nitrogens with zero attached hydrogens (tertiary/aromatic N) is 4. The number of benzene rings is 1. The Hall–Kier alpha value is -2.72. The van der Waals surface area contributed by atoms with Crippen molar-refractivity contribution in [3.63, 3.8) is 0 Å². The Morgan fingerprint density at radius 1 is 1.24 bits per heavy atom. The fourth-order valence-electron chi connectivity index (χ4n) is 2.78. The molecule has 1 aromatic carbocycles. The van der Waals surface area contributed by atoms with Gasteiger partial charge in [-0.3, -0.25) is 4.90 Å². The zero-order valence-electron chi connectivity index (χ0n) is 15.8. The van der Waals surface area contributed by atoms with Gasteiger partial charge in [0.05, 0.1) is 24.9 Å². The van der Waals surface area contributed by atoms with Crippen molar-refractivity contribution in [2.45, 2.75) is 25.8 Å². The van der Waals surface area contributed by atoms with Gasteiger partial charge in [-0.15, -0.1) is 11.3 Å². The van der Waals surface area contributed by atoms with Gasteiger partial charge in [0.25, 0.3) is 0 Å². The number of esters is 1. The lowest BCUT2D eigenvalue weighted by molar-refractivity contribution is -0.141. The van der Waals surface area contributed by atoms with Gasteiger partial charge in [0, 0.05) is 29.9 Å². The minimum absolute atomic E-state index is 0.268. The number of aromatic nitrogens is 3.